The molecule has 0 atom stereocenters. The van der Waals surface area contributed by atoms with E-state index in [9.17, 15) is 0 Å². The molecule has 4 rings (SSSR count). The van der Waals surface area contributed by atoms with Crippen molar-refractivity contribution in [1.82, 2.24) is 0 Å². The van der Waals surface area contributed by atoms with Gasteiger partial charge < -0.3 is 12.4 Å². The third kappa shape index (κ3) is 3.33. The van der Waals surface area contributed by atoms with E-state index in [0.717, 1.165) is 0 Å². The molecule has 0 bridgehead atoms. The minimum Gasteiger partial charge on any atom is -1.00 e. The van der Waals surface area contributed by atoms with Gasteiger partial charge in [-0.15, -0.1) is 11.3 Å². The molecule has 142 valence electrons. The molecule has 4 aromatic rings. The lowest BCUT2D eigenvalue weighted by Gasteiger charge is -2.28. The van der Waals surface area contributed by atoms with Crippen LogP contribution in [0.4, 0.5) is 0 Å². The van der Waals surface area contributed by atoms with Crippen molar-refractivity contribution in [2.24, 2.45) is 0 Å². The average Bonchev–Trinajstić information content (AvgIpc) is 2.98. The maximum atomic E-state index is 2.32. The van der Waals surface area contributed by atoms with Crippen LogP contribution in [0.3, 0.4) is 0 Å². The van der Waals surface area contributed by atoms with Gasteiger partial charge >= 0.3 is 0 Å². The fourth-order valence-electron chi connectivity index (χ4n) is 4.06. The van der Waals surface area contributed by atoms with Gasteiger partial charge in [0, 0.05) is 15.3 Å². The Labute approximate surface area is 179 Å². The minimum absolute atomic E-state index is 0. The third-order valence-corrected chi connectivity index (χ3v) is 11.1. The summed E-state index contributed by atoms with van der Waals surface area (Å²) in [5.74, 6) is 0. The predicted octanol–water partition coefficient (Wildman–Crippen LogP) is 2.30. The molecule has 0 nitrogen and oxygen atoms in total. The van der Waals surface area contributed by atoms with Crippen LogP contribution in [-0.4, -0.2) is 0 Å². The van der Waals surface area contributed by atoms with E-state index in [0.29, 0.717) is 0 Å². The van der Waals surface area contributed by atoms with E-state index in [1.807, 2.05) is 11.3 Å². The van der Waals surface area contributed by atoms with Gasteiger partial charge in [0.1, 0.15) is 28.5 Å². The maximum absolute atomic E-state index is 2.32. The molecule has 1 aromatic heterocycles. The highest BCUT2D eigenvalue weighted by Gasteiger charge is 2.50. The van der Waals surface area contributed by atoms with Crippen LogP contribution in [0.5, 0.6) is 0 Å². The number of hydrogen-bond acceptors (Lipinski definition) is 1. The van der Waals surface area contributed by atoms with E-state index in [2.05, 4.69) is 112 Å². The summed E-state index contributed by atoms with van der Waals surface area (Å²) in [6, 6.07) is 33.4. The quantitative estimate of drug-likeness (QED) is 0.443. The Morgan fingerprint density at radius 2 is 0.893 bits per heavy atom. The molecule has 0 saturated carbocycles. The molecule has 0 N–H and O–H groups in total. The molecule has 28 heavy (non-hydrogen) atoms. The first-order valence-electron chi connectivity index (χ1n) is 9.28. The maximum Gasteiger partial charge on any atom is 0.145 e. The zero-order chi connectivity index (χ0) is 18.9. The Morgan fingerprint density at radius 1 is 0.536 bits per heavy atom. The lowest BCUT2D eigenvalue weighted by Crippen LogP contribution is -3.00. The molecule has 0 aliphatic carbocycles. The topological polar surface area (TPSA) is 0 Å². The van der Waals surface area contributed by atoms with Crippen molar-refractivity contribution in [3.05, 3.63) is 106 Å². The van der Waals surface area contributed by atoms with Crippen molar-refractivity contribution in [2.75, 3.05) is 0 Å². The Bertz CT molecular complexity index is 943. The summed E-state index contributed by atoms with van der Waals surface area (Å²) in [5.41, 5.74) is 1.45. The monoisotopic (exact) mass is 422 g/mol. The molecule has 0 radical (unpaired) electrons. The lowest BCUT2D eigenvalue weighted by molar-refractivity contribution is -0.00000528. The molecule has 0 fully saturated rings. The summed E-state index contributed by atoms with van der Waals surface area (Å²) < 4.78 is 0. The van der Waals surface area contributed by atoms with Crippen LogP contribution >= 0.6 is 18.6 Å². The highest BCUT2D eigenvalue weighted by molar-refractivity contribution is 8.01. The molecular formula is C25H24ClPS. The molecule has 3 aromatic carbocycles. The minimum atomic E-state index is -1.95. The first-order valence-corrected chi connectivity index (χ1v) is 11.9. The second-order valence-electron chi connectivity index (χ2n) is 6.87. The molecule has 3 heteroatoms. The second kappa shape index (κ2) is 8.62. The van der Waals surface area contributed by atoms with Gasteiger partial charge in [0.25, 0.3) is 0 Å². The third-order valence-electron chi connectivity index (χ3n) is 5.29. The summed E-state index contributed by atoms with van der Waals surface area (Å²) in [4.78, 5) is 2.87. The first-order chi connectivity index (χ1) is 13.2. The molecule has 0 unspecified atom stereocenters. The number of thiophene rings is 1. The van der Waals surface area contributed by atoms with E-state index in [4.69, 9.17) is 0 Å². The fourth-order valence-corrected chi connectivity index (χ4v) is 10.3. The van der Waals surface area contributed by atoms with Crippen molar-refractivity contribution >= 4 is 39.8 Å². The van der Waals surface area contributed by atoms with Crippen LogP contribution < -0.4 is 33.6 Å². The second-order valence-corrected chi connectivity index (χ2v) is 11.6. The summed E-state index contributed by atoms with van der Waals surface area (Å²) in [7, 11) is -1.95. The van der Waals surface area contributed by atoms with Crippen LogP contribution in [-0.2, 0) is 0 Å². The Hall–Kier alpha value is -1.92. The zero-order valence-electron chi connectivity index (χ0n) is 16.4. The van der Waals surface area contributed by atoms with E-state index >= 15 is 0 Å². The van der Waals surface area contributed by atoms with Crippen LogP contribution in [0, 0.1) is 20.8 Å². The van der Waals surface area contributed by atoms with Gasteiger partial charge in [-0.05, 0) is 57.2 Å². The highest BCUT2D eigenvalue weighted by Crippen LogP contribution is 2.56. The SMILES string of the molecule is Cc1sc(C)c([P+](c2ccccc2)(c2ccccc2)c2ccccc2)c1C.[Cl-]. The summed E-state index contributed by atoms with van der Waals surface area (Å²) in [6.45, 7) is 6.85. The van der Waals surface area contributed by atoms with Crippen molar-refractivity contribution in [1.29, 1.82) is 0 Å². The van der Waals surface area contributed by atoms with Crippen LogP contribution in [0.2, 0.25) is 0 Å². The Morgan fingerprint density at radius 3 is 1.18 bits per heavy atom. The molecule has 0 spiro atoms. The normalized spacial score (nSPS) is 11.1. The van der Waals surface area contributed by atoms with Crippen molar-refractivity contribution in [3.63, 3.8) is 0 Å². The van der Waals surface area contributed by atoms with Gasteiger partial charge in [-0.25, -0.2) is 0 Å². The number of benzene rings is 3. The van der Waals surface area contributed by atoms with E-state index in [1.165, 1.54) is 36.5 Å². The number of halogens is 1. The van der Waals surface area contributed by atoms with Gasteiger partial charge in [-0.3, -0.25) is 0 Å². The molecule has 0 saturated heterocycles. The fraction of sp³-hybridized carbons (Fsp3) is 0.120. The number of rotatable bonds is 4. The van der Waals surface area contributed by atoms with Gasteiger partial charge in [-0.1, -0.05) is 54.6 Å². The van der Waals surface area contributed by atoms with E-state index in [1.54, 1.807) is 0 Å². The standard InChI is InChI=1S/C25H24PS.ClH/c1-19-20(2)27-21(3)25(19)26(22-13-7-4-8-14-22,23-15-9-5-10-16-23)24-17-11-6-12-18-24;/h4-18H,1-3H3;1H/q+1;/p-1. The molecule has 1 heterocycles. The van der Waals surface area contributed by atoms with Gasteiger partial charge in [0.15, 0.2) is 0 Å². The largest absolute Gasteiger partial charge is 1.00 e. The van der Waals surface area contributed by atoms with Crippen molar-refractivity contribution in [3.8, 4) is 0 Å². The van der Waals surface area contributed by atoms with Gasteiger partial charge in [-0.2, -0.15) is 0 Å². The molecule has 0 aliphatic rings. The Kier molecular flexibility index (Phi) is 6.40. The summed E-state index contributed by atoms with van der Waals surface area (Å²) in [5, 5.41) is 5.80. The highest BCUT2D eigenvalue weighted by atomic mass is 35.5. The van der Waals surface area contributed by atoms with Crippen LogP contribution in [0.1, 0.15) is 15.3 Å². The van der Waals surface area contributed by atoms with Gasteiger partial charge in [0.05, 0.1) is 0 Å². The van der Waals surface area contributed by atoms with Crippen molar-refractivity contribution in [2.45, 2.75) is 20.8 Å². The molecule has 0 aliphatic heterocycles. The molecular weight excluding hydrogens is 399 g/mol. The lowest BCUT2D eigenvalue weighted by atomic mass is 10.3. The average molecular weight is 423 g/mol. The summed E-state index contributed by atoms with van der Waals surface area (Å²) >= 11 is 1.93. The van der Waals surface area contributed by atoms with E-state index < -0.39 is 7.26 Å². The van der Waals surface area contributed by atoms with Crippen LogP contribution in [0.25, 0.3) is 0 Å². The van der Waals surface area contributed by atoms with E-state index in [-0.39, 0.29) is 12.4 Å². The zero-order valence-corrected chi connectivity index (χ0v) is 18.9. The molecule has 0 amide bonds. The number of hydrogen-bond donors (Lipinski definition) is 0. The van der Waals surface area contributed by atoms with Gasteiger partial charge in [0.2, 0.25) is 0 Å². The predicted molar refractivity (Wildman–Crippen MR) is 123 cm³/mol. The smallest absolute Gasteiger partial charge is 0.145 e. The Balaban J connectivity index is 0.00000225. The first kappa shape index (κ1) is 20.8. The van der Waals surface area contributed by atoms with Crippen molar-refractivity contribution < 1.29 is 12.4 Å². The number of aryl methyl sites for hydroxylation is 2. The van der Waals surface area contributed by atoms with Crippen LogP contribution in [0.15, 0.2) is 91.0 Å². The summed E-state index contributed by atoms with van der Waals surface area (Å²) in [6.07, 6.45) is 0.